The fourth-order valence-electron chi connectivity index (χ4n) is 5.24. The number of aromatic nitrogens is 2. The van der Waals surface area contributed by atoms with Gasteiger partial charge in [0, 0.05) is 22.6 Å². The first-order valence-corrected chi connectivity index (χ1v) is 13.0. The molecule has 37 heavy (non-hydrogen) atoms. The second-order valence-corrected chi connectivity index (χ2v) is 10.2. The number of imidazole rings is 1. The van der Waals surface area contributed by atoms with E-state index in [1.54, 1.807) is 4.40 Å². The SMILES string of the molecule is Cc1ccccc1[C@@H]1C(/C=c2/sc3nc4ccccc4n3c2=O)=C(c2ccccc2)Oc2ccccc21. The molecule has 0 saturated heterocycles. The van der Waals surface area contributed by atoms with Gasteiger partial charge in [-0.25, -0.2) is 9.38 Å². The van der Waals surface area contributed by atoms with Gasteiger partial charge in [-0.15, -0.1) is 0 Å². The zero-order valence-corrected chi connectivity index (χ0v) is 20.9. The maximum atomic E-state index is 13.7. The van der Waals surface area contributed by atoms with Gasteiger partial charge in [0.05, 0.1) is 15.6 Å². The Balaban J connectivity index is 1.56. The Morgan fingerprint density at radius 1 is 0.838 bits per heavy atom. The van der Waals surface area contributed by atoms with Crippen molar-refractivity contribution < 1.29 is 4.74 Å². The van der Waals surface area contributed by atoms with Crippen LogP contribution in [0.15, 0.2) is 113 Å². The average molecular weight is 499 g/mol. The van der Waals surface area contributed by atoms with Crippen molar-refractivity contribution in [3.05, 3.63) is 146 Å². The molecule has 178 valence electrons. The lowest BCUT2D eigenvalue weighted by atomic mass is 9.79. The van der Waals surface area contributed by atoms with Gasteiger partial charge in [0.15, 0.2) is 4.96 Å². The van der Waals surface area contributed by atoms with E-state index in [1.165, 1.54) is 22.5 Å². The van der Waals surface area contributed by atoms with Crippen LogP contribution in [-0.2, 0) is 0 Å². The maximum Gasteiger partial charge on any atom is 0.274 e. The normalized spacial score (nSPS) is 15.8. The van der Waals surface area contributed by atoms with E-state index in [2.05, 4.69) is 49.4 Å². The van der Waals surface area contributed by atoms with Crippen LogP contribution in [0.1, 0.15) is 28.2 Å². The monoisotopic (exact) mass is 498 g/mol. The molecule has 0 unspecified atom stereocenters. The van der Waals surface area contributed by atoms with Crippen molar-refractivity contribution in [2.75, 3.05) is 0 Å². The van der Waals surface area contributed by atoms with Gasteiger partial charge < -0.3 is 4.74 Å². The van der Waals surface area contributed by atoms with Gasteiger partial charge in [0.1, 0.15) is 11.5 Å². The van der Waals surface area contributed by atoms with Crippen LogP contribution in [0.25, 0.3) is 27.8 Å². The molecule has 0 N–H and O–H groups in total. The summed E-state index contributed by atoms with van der Waals surface area (Å²) in [4.78, 5) is 19.1. The van der Waals surface area contributed by atoms with Gasteiger partial charge in [-0.2, -0.15) is 0 Å². The van der Waals surface area contributed by atoms with Crippen molar-refractivity contribution in [1.82, 2.24) is 9.38 Å². The zero-order valence-electron chi connectivity index (χ0n) is 20.1. The second-order valence-electron chi connectivity index (χ2n) is 9.21. The zero-order chi connectivity index (χ0) is 24.9. The van der Waals surface area contributed by atoms with Crippen LogP contribution in [0.5, 0.6) is 5.75 Å². The largest absolute Gasteiger partial charge is 0.456 e. The molecule has 2 aromatic heterocycles. The first kappa shape index (κ1) is 21.8. The van der Waals surface area contributed by atoms with E-state index in [0.717, 1.165) is 39.2 Å². The van der Waals surface area contributed by atoms with Crippen LogP contribution < -0.4 is 14.8 Å². The molecule has 0 radical (unpaired) electrons. The second kappa shape index (κ2) is 8.57. The molecule has 5 heteroatoms. The highest BCUT2D eigenvalue weighted by atomic mass is 32.1. The van der Waals surface area contributed by atoms with Crippen molar-refractivity contribution >= 4 is 39.2 Å². The number of para-hydroxylation sites is 3. The molecule has 0 saturated carbocycles. The minimum Gasteiger partial charge on any atom is -0.456 e. The molecule has 1 aliphatic heterocycles. The van der Waals surface area contributed by atoms with Crippen LogP contribution in [-0.4, -0.2) is 9.38 Å². The fraction of sp³-hybridized carbons (Fsp3) is 0.0625. The number of thiazole rings is 1. The summed E-state index contributed by atoms with van der Waals surface area (Å²) >= 11 is 1.42. The molecular weight excluding hydrogens is 476 g/mol. The fourth-order valence-corrected chi connectivity index (χ4v) is 6.22. The Labute approximate surface area is 217 Å². The number of allylic oxidation sites excluding steroid dienone is 1. The predicted molar refractivity (Wildman–Crippen MR) is 150 cm³/mol. The van der Waals surface area contributed by atoms with E-state index in [0.29, 0.717) is 9.49 Å². The number of hydrogen-bond donors (Lipinski definition) is 0. The first-order valence-electron chi connectivity index (χ1n) is 12.2. The number of aryl methyl sites for hydroxylation is 1. The third-order valence-corrected chi connectivity index (χ3v) is 7.95. The van der Waals surface area contributed by atoms with Crippen LogP contribution in [0, 0.1) is 6.92 Å². The molecule has 0 fully saturated rings. The van der Waals surface area contributed by atoms with E-state index >= 15 is 0 Å². The number of hydrogen-bond acceptors (Lipinski definition) is 4. The smallest absolute Gasteiger partial charge is 0.274 e. The number of ether oxygens (including phenoxy) is 1. The highest BCUT2D eigenvalue weighted by molar-refractivity contribution is 7.15. The van der Waals surface area contributed by atoms with Crippen LogP contribution in [0.3, 0.4) is 0 Å². The Kier molecular flexibility index (Phi) is 5.05. The van der Waals surface area contributed by atoms with Crippen LogP contribution in [0.4, 0.5) is 0 Å². The maximum absolute atomic E-state index is 13.7. The van der Waals surface area contributed by atoms with Crippen molar-refractivity contribution in [1.29, 1.82) is 0 Å². The summed E-state index contributed by atoms with van der Waals surface area (Å²) in [5.41, 5.74) is 7.00. The Morgan fingerprint density at radius 2 is 1.54 bits per heavy atom. The van der Waals surface area contributed by atoms with Crippen LogP contribution in [0.2, 0.25) is 0 Å². The molecule has 0 spiro atoms. The van der Waals surface area contributed by atoms with Crippen molar-refractivity contribution in [3.8, 4) is 5.75 Å². The summed E-state index contributed by atoms with van der Waals surface area (Å²) < 4.78 is 8.94. The minimum atomic E-state index is -0.0908. The predicted octanol–water partition coefficient (Wildman–Crippen LogP) is 6.35. The van der Waals surface area contributed by atoms with E-state index in [-0.39, 0.29) is 11.5 Å². The molecule has 6 aromatic rings. The summed E-state index contributed by atoms with van der Waals surface area (Å²) in [5, 5.41) is 0. The van der Waals surface area contributed by atoms with E-state index in [1.807, 2.05) is 66.7 Å². The minimum absolute atomic E-state index is 0.0593. The summed E-state index contributed by atoms with van der Waals surface area (Å²) in [6, 6.07) is 34.5. The molecule has 3 heterocycles. The van der Waals surface area contributed by atoms with Gasteiger partial charge in [-0.3, -0.25) is 4.79 Å². The quantitative estimate of drug-likeness (QED) is 0.285. The molecular formula is C32H22N2O2S. The molecule has 0 amide bonds. The standard InChI is InChI=1S/C32H22N2O2S/c1-20-11-5-6-14-22(20)29-23-15-7-10-18-27(23)36-30(21-12-3-2-4-13-21)24(29)19-28-31(35)34-26-17-9-8-16-25(26)33-32(34)37-28/h2-19,29H,1H3/b28-19+/t29-/m0/s1. The Bertz CT molecular complexity index is 1950. The van der Waals surface area contributed by atoms with Gasteiger partial charge >= 0.3 is 0 Å². The van der Waals surface area contributed by atoms with E-state index in [9.17, 15) is 4.79 Å². The highest BCUT2D eigenvalue weighted by Gasteiger charge is 2.31. The number of fused-ring (bicyclic) bond motifs is 4. The Hall–Kier alpha value is -4.48. The lowest BCUT2D eigenvalue weighted by Crippen LogP contribution is -2.25. The molecule has 7 rings (SSSR count). The lowest BCUT2D eigenvalue weighted by Gasteiger charge is -2.31. The number of rotatable bonds is 3. The van der Waals surface area contributed by atoms with Gasteiger partial charge in [0.2, 0.25) is 0 Å². The Morgan fingerprint density at radius 3 is 2.38 bits per heavy atom. The summed E-state index contributed by atoms with van der Waals surface area (Å²) in [6.07, 6.45) is 2.02. The summed E-state index contributed by atoms with van der Waals surface area (Å²) in [5.74, 6) is 1.51. The summed E-state index contributed by atoms with van der Waals surface area (Å²) in [7, 11) is 0. The molecule has 4 nitrogen and oxygen atoms in total. The number of nitrogens with zero attached hydrogens (tertiary/aromatic N) is 2. The summed E-state index contributed by atoms with van der Waals surface area (Å²) in [6.45, 7) is 2.14. The van der Waals surface area contributed by atoms with Crippen molar-refractivity contribution in [3.63, 3.8) is 0 Å². The van der Waals surface area contributed by atoms with E-state index in [4.69, 9.17) is 9.72 Å². The van der Waals surface area contributed by atoms with Gasteiger partial charge in [-0.05, 0) is 42.3 Å². The van der Waals surface area contributed by atoms with E-state index < -0.39 is 0 Å². The van der Waals surface area contributed by atoms with Crippen molar-refractivity contribution in [2.24, 2.45) is 0 Å². The van der Waals surface area contributed by atoms with Crippen LogP contribution >= 0.6 is 11.3 Å². The highest BCUT2D eigenvalue weighted by Crippen LogP contribution is 2.47. The molecule has 4 aromatic carbocycles. The average Bonchev–Trinajstić information content (AvgIpc) is 3.45. The third-order valence-electron chi connectivity index (χ3n) is 6.98. The van der Waals surface area contributed by atoms with Gasteiger partial charge in [-0.1, -0.05) is 96.3 Å². The molecule has 0 aliphatic carbocycles. The first-order chi connectivity index (χ1) is 18.2. The molecule has 1 atom stereocenters. The molecule has 0 bridgehead atoms. The molecule has 1 aliphatic rings. The van der Waals surface area contributed by atoms with Gasteiger partial charge in [0.25, 0.3) is 5.56 Å². The van der Waals surface area contributed by atoms with Crippen molar-refractivity contribution in [2.45, 2.75) is 12.8 Å². The third kappa shape index (κ3) is 3.51. The number of benzene rings is 4. The topological polar surface area (TPSA) is 43.6 Å². The lowest BCUT2D eigenvalue weighted by molar-refractivity contribution is 0.488.